The second kappa shape index (κ2) is 5.63. The van der Waals surface area contributed by atoms with E-state index >= 15 is 0 Å². The highest BCUT2D eigenvalue weighted by Gasteiger charge is 2.24. The highest BCUT2D eigenvalue weighted by atomic mass is 19.1. The van der Waals surface area contributed by atoms with Crippen molar-refractivity contribution in [2.75, 3.05) is 25.2 Å². The zero-order valence-electron chi connectivity index (χ0n) is 11.8. The molecule has 3 rings (SSSR count). The lowest BCUT2D eigenvalue weighted by atomic mass is 10.1. The Labute approximate surface area is 125 Å². The van der Waals surface area contributed by atoms with Gasteiger partial charge in [0.1, 0.15) is 24.8 Å². The molecule has 1 aliphatic heterocycles. The summed E-state index contributed by atoms with van der Waals surface area (Å²) in [6.07, 6.45) is 0. The monoisotopic (exact) mass is 305 g/mol. The zero-order chi connectivity index (χ0) is 15.7. The summed E-state index contributed by atoms with van der Waals surface area (Å²) in [6.45, 7) is 0.730. The topological polar surface area (TPSA) is 38.8 Å². The van der Waals surface area contributed by atoms with Crippen LogP contribution in [0, 0.1) is 11.6 Å². The van der Waals surface area contributed by atoms with E-state index in [2.05, 4.69) is 0 Å². The molecule has 4 nitrogen and oxygen atoms in total. The van der Waals surface area contributed by atoms with Crippen molar-refractivity contribution in [2.45, 2.75) is 0 Å². The Balaban J connectivity index is 1.99. The molecule has 0 unspecified atom stereocenters. The summed E-state index contributed by atoms with van der Waals surface area (Å²) in [5.74, 6) is -1.02. The summed E-state index contributed by atoms with van der Waals surface area (Å²) in [4.78, 5) is 13.6. The zero-order valence-corrected chi connectivity index (χ0v) is 11.8. The fourth-order valence-corrected chi connectivity index (χ4v) is 2.28. The van der Waals surface area contributed by atoms with Gasteiger partial charge in [-0.1, -0.05) is 6.07 Å². The number of carbonyl (C=O) groups excluding carboxylic acids is 1. The Morgan fingerprint density at radius 1 is 1.14 bits per heavy atom. The number of ether oxygens (including phenoxy) is 2. The van der Waals surface area contributed by atoms with E-state index in [0.717, 1.165) is 23.1 Å². The molecule has 1 amide bonds. The van der Waals surface area contributed by atoms with Gasteiger partial charge in [0, 0.05) is 13.1 Å². The Hall–Kier alpha value is -2.63. The lowest BCUT2D eigenvalue weighted by Gasteiger charge is -2.23. The highest BCUT2D eigenvalue weighted by Crippen LogP contribution is 2.35. The molecule has 114 valence electrons. The van der Waals surface area contributed by atoms with Crippen molar-refractivity contribution in [2.24, 2.45) is 0 Å². The molecule has 0 radical (unpaired) electrons. The van der Waals surface area contributed by atoms with Crippen molar-refractivity contribution >= 4 is 11.6 Å². The van der Waals surface area contributed by atoms with Gasteiger partial charge in [0.05, 0.1) is 11.3 Å². The van der Waals surface area contributed by atoms with Crippen LogP contribution in [0.1, 0.15) is 10.4 Å². The summed E-state index contributed by atoms with van der Waals surface area (Å²) in [5, 5.41) is 0. The summed E-state index contributed by atoms with van der Waals surface area (Å²) in [7, 11) is 1.38. The Bertz CT molecular complexity index is 733. The van der Waals surface area contributed by atoms with E-state index in [-0.39, 0.29) is 11.3 Å². The predicted molar refractivity (Wildman–Crippen MR) is 76.5 cm³/mol. The number of rotatable bonds is 2. The number of halogens is 2. The number of hydrogen-bond donors (Lipinski definition) is 0. The van der Waals surface area contributed by atoms with Crippen LogP contribution in [0.25, 0.3) is 0 Å². The predicted octanol–water partition coefficient (Wildman–Crippen LogP) is 3.01. The molecule has 0 aliphatic carbocycles. The third-order valence-corrected chi connectivity index (χ3v) is 3.37. The SMILES string of the molecule is CN(C(=O)c1cccc2c1OCCO2)c1cc(F)ccc1F. The molecule has 0 bridgehead atoms. The van der Waals surface area contributed by atoms with Crippen LogP contribution in [0.2, 0.25) is 0 Å². The molecular formula is C16H13F2NO3. The Morgan fingerprint density at radius 2 is 1.91 bits per heavy atom. The van der Waals surface area contributed by atoms with Gasteiger partial charge in [0.25, 0.3) is 5.91 Å². The Morgan fingerprint density at radius 3 is 2.73 bits per heavy atom. The van der Waals surface area contributed by atoms with Crippen molar-refractivity contribution in [1.82, 2.24) is 0 Å². The second-order valence-electron chi connectivity index (χ2n) is 4.79. The van der Waals surface area contributed by atoms with E-state index < -0.39 is 17.5 Å². The minimum Gasteiger partial charge on any atom is -0.486 e. The van der Waals surface area contributed by atoms with E-state index in [9.17, 15) is 13.6 Å². The number of anilines is 1. The average molecular weight is 305 g/mol. The van der Waals surface area contributed by atoms with Gasteiger partial charge in [-0.05, 0) is 24.3 Å². The molecular weight excluding hydrogens is 292 g/mol. The largest absolute Gasteiger partial charge is 0.486 e. The molecule has 6 heteroatoms. The fourth-order valence-electron chi connectivity index (χ4n) is 2.28. The van der Waals surface area contributed by atoms with Gasteiger partial charge in [-0.15, -0.1) is 0 Å². The third kappa shape index (κ3) is 2.47. The summed E-state index contributed by atoms with van der Waals surface area (Å²) < 4.78 is 38.0. The van der Waals surface area contributed by atoms with Gasteiger partial charge in [0.2, 0.25) is 0 Å². The van der Waals surface area contributed by atoms with Gasteiger partial charge < -0.3 is 14.4 Å². The van der Waals surface area contributed by atoms with E-state index in [0.29, 0.717) is 24.7 Å². The van der Waals surface area contributed by atoms with Crippen LogP contribution in [0.15, 0.2) is 36.4 Å². The molecule has 0 aromatic heterocycles. The van der Waals surface area contributed by atoms with Crippen molar-refractivity contribution in [3.8, 4) is 11.5 Å². The number of fused-ring (bicyclic) bond motifs is 1. The van der Waals surface area contributed by atoms with Crippen molar-refractivity contribution in [3.63, 3.8) is 0 Å². The van der Waals surface area contributed by atoms with E-state index in [1.54, 1.807) is 18.2 Å². The van der Waals surface area contributed by atoms with Gasteiger partial charge in [-0.25, -0.2) is 8.78 Å². The first-order valence-corrected chi connectivity index (χ1v) is 6.69. The summed E-state index contributed by atoms with van der Waals surface area (Å²) in [5.41, 5.74) is 0.0997. The molecule has 0 fully saturated rings. The Kier molecular flexibility index (Phi) is 3.66. The minimum atomic E-state index is -0.681. The molecule has 2 aromatic rings. The molecule has 0 saturated carbocycles. The van der Waals surface area contributed by atoms with Crippen LogP contribution >= 0.6 is 0 Å². The second-order valence-corrected chi connectivity index (χ2v) is 4.79. The first-order valence-electron chi connectivity index (χ1n) is 6.69. The number of hydrogen-bond acceptors (Lipinski definition) is 3. The first-order chi connectivity index (χ1) is 10.6. The fraction of sp³-hybridized carbons (Fsp3) is 0.188. The smallest absolute Gasteiger partial charge is 0.262 e. The molecule has 0 saturated heterocycles. The minimum absolute atomic E-state index is 0.140. The van der Waals surface area contributed by atoms with Gasteiger partial charge >= 0.3 is 0 Å². The molecule has 0 atom stereocenters. The van der Waals surface area contributed by atoms with Crippen molar-refractivity contribution < 1.29 is 23.0 Å². The molecule has 2 aromatic carbocycles. The van der Waals surface area contributed by atoms with Gasteiger partial charge in [0.15, 0.2) is 11.5 Å². The number of amides is 1. The van der Waals surface area contributed by atoms with Crippen LogP contribution in [-0.4, -0.2) is 26.2 Å². The van der Waals surface area contributed by atoms with Crippen molar-refractivity contribution in [1.29, 1.82) is 0 Å². The van der Waals surface area contributed by atoms with Crippen LogP contribution in [-0.2, 0) is 0 Å². The van der Waals surface area contributed by atoms with Crippen LogP contribution < -0.4 is 14.4 Å². The highest BCUT2D eigenvalue weighted by molar-refractivity contribution is 6.08. The third-order valence-electron chi connectivity index (χ3n) is 3.37. The molecule has 0 spiro atoms. The summed E-state index contributed by atoms with van der Waals surface area (Å²) in [6, 6.07) is 7.85. The molecule has 22 heavy (non-hydrogen) atoms. The maximum Gasteiger partial charge on any atom is 0.262 e. The van der Waals surface area contributed by atoms with Crippen LogP contribution in [0.3, 0.4) is 0 Å². The van der Waals surface area contributed by atoms with E-state index in [1.165, 1.54) is 7.05 Å². The average Bonchev–Trinajstić information content (AvgIpc) is 2.55. The normalized spacial score (nSPS) is 12.9. The lowest BCUT2D eigenvalue weighted by molar-refractivity contribution is 0.0981. The van der Waals surface area contributed by atoms with Gasteiger partial charge in [-0.2, -0.15) is 0 Å². The number of carbonyl (C=O) groups is 1. The maximum atomic E-state index is 13.8. The van der Waals surface area contributed by atoms with Crippen LogP contribution in [0.5, 0.6) is 11.5 Å². The van der Waals surface area contributed by atoms with E-state index in [4.69, 9.17) is 9.47 Å². The molecule has 1 heterocycles. The number of nitrogens with zero attached hydrogens (tertiary/aromatic N) is 1. The summed E-state index contributed by atoms with van der Waals surface area (Å²) >= 11 is 0. The standard InChI is InChI=1S/C16H13F2NO3/c1-19(13-9-10(17)5-6-12(13)18)16(20)11-3-2-4-14-15(11)22-8-7-21-14/h2-6,9H,7-8H2,1H3. The molecule has 0 N–H and O–H groups in total. The van der Waals surface area contributed by atoms with Crippen molar-refractivity contribution in [3.05, 3.63) is 53.6 Å². The quantitative estimate of drug-likeness (QED) is 0.856. The first kappa shape index (κ1) is 14.3. The molecule has 1 aliphatic rings. The van der Waals surface area contributed by atoms with Crippen LogP contribution in [0.4, 0.5) is 14.5 Å². The number of benzene rings is 2. The number of para-hydroxylation sites is 1. The maximum absolute atomic E-state index is 13.8. The van der Waals surface area contributed by atoms with Gasteiger partial charge in [-0.3, -0.25) is 4.79 Å². The lowest BCUT2D eigenvalue weighted by Crippen LogP contribution is -2.28. The van der Waals surface area contributed by atoms with E-state index in [1.807, 2.05) is 0 Å².